The minimum atomic E-state index is -0.302. The van der Waals surface area contributed by atoms with Crippen molar-refractivity contribution in [3.05, 3.63) is 64.6 Å². The monoisotopic (exact) mass is 402 g/mol. The molecule has 0 spiro atoms. The van der Waals surface area contributed by atoms with Crippen LogP contribution >= 0.6 is 0 Å². The first-order chi connectivity index (χ1) is 14.6. The normalized spacial score (nSPS) is 13.5. The second kappa shape index (κ2) is 6.98. The molecule has 1 saturated heterocycles. The van der Waals surface area contributed by atoms with Gasteiger partial charge in [-0.3, -0.25) is 4.40 Å². The van der Waals surface area contributed by atoms with Crippen molar-refractivity contribution >= 4 is 11.2 Å². The minimum absolute atomic E-state index is 0.204. The lowest BCUT2D eigenvalue weighted by Crippen LogP contribution is -2.36. The molecule has 0 radical (unpaired) electrons. The van der Waals surface area contributed by atoms with E-state index in [1.807, 2.05) is 13.8 Å². The van der Waals surface area contributed by atoms with Crippen LogP contribution < -0.4 is 15.3 Å². The molecule has 8 nitrogen and oxygen atoms in total. The van der Waals surface area contributed by atoms with E-state index in [4.69, 9.17) is 4.74 Å². The van der Waals surface area contributed by atoms with Crippen molar-refractivity contribution < 1.29 is 4.74 Å². The number of nitrogens with zero attached hydrogens (tertiary/aromatic N) is 6. The van der Waals surface area contributed by atoms with Crippen LogP contribution in [0.5, 0.6) is 5.75 Å². The molecule has 30 heavy (non-hydrogen) atoms. The molecule has 5 rings (SSSR count). The van der Waals surface area contributed by atoms with E-state index >= 15 is 0 Å². The van der Waals surface area contributed by atoms with E-state index < -0.39 is 0 Å². The average molecular weight is 402 g/mol. The van der Waals surface area contributed by atoms with Crippen molar-refractivity contribution in [2.24, 2.45) is 0 Å². The first-order valence-corrected chi connectivity index (χ1v) is 9.90. The van der Waals surface area contributed by atoms with Crippen molar-refractivity contribution in [1.82, 2.24) is 24.1 Å². The number of hydrogen-bond donors (Lipinski definition) is 0. The summed E-state index contributed by atoms with van der Waals surface area (Å²) >= 11 is 0. The maximum absolute atomic E-state index is 13.3. The van der Waals surface area contributed by atoms with Crippen molar-refractivity contribution in [3.8, 4) is 22.8 Å². The number of fused-ring (bicyclic) bond motifs is 1. The van der Waals surface area contributed by atoms with E-state index in [1.165, 1.54) is 29.2 Å². The highest BCUT2D eigenvalue weighted by molar-refractivity contribution is 5.80. The van der Waals surface area contributed by atoms with Crippen LogP contribution in [0.25, 0.3) is 22.6 Å². The molecule has 1 aliphatic heterocycles. The van der Waals surface area contributed by atoms with E-state index in [0.717, 1.165) is 41.0 Å². The fourth-order valence-corrected chi connectivity index (χ4v) is 4.04. The van der Waals surface area contributed by atoms with Gasteiger partial charge in [0.15, 0.2) is 5.75 Å². The molecule has 0 amide bonds. The van der Waals surface area contributed by atoms with E-state index in [1.54, 1.807) is 17.7 Å². The molecular weight excluding hydrogens is 380 g/mol. The van der Waals surface area contributed by atoms with Crippen LogP contribution in [0.2, 0.25) is 0 Å². The summed E-state index contributed by atoms with van der Waals surface area (Å²) in [5, 5.41) is 4.32. The Hall–Kier alpha value is -3.68. The number of methoxy groups -OCH3 is 1. The van der Waals surface area contributed by atoms with Gasteiger partial charge in [-0.2, -0.15) is 5.10 Å². The van der Waals surface area contributed by atoms with Gasteiger partial charge in [-0.05, 0) is 43.5 Å². The SMILES string of the molecule is COc1cnc(-n2ncc3c(C)c(-c4cccc(N5CCC5)c4)c(C)n3c2=O)nc1. The summed E-state index contributed by atoms with van der Waals surface area (Å²) in [6, 6.07) is 8.51. The third-order valence-corrected chi connectivity index (χ3v) is 5.76. The highest BCUT2D eigenvalue weighted by Crippen LogP contribution is 2.34. The first-order valence-electron chi connectivity index (χ1n) is 9.90. The molecule has 1 aliphatic rings. The third-order valence-electron chi connectivity index (χ3n) is 5.76. The van der Waals surface area contributed by atoms with Crippen molar-refractivity contribution in [1.29, 1.82) is 0 Å². The molecule has 4 aromatic rings. The van der Waals surface area contributed by atoms with Crippen LogP contribution in [0, 0.1) is 13.8 Å². The Balaban J connectivity index is 1.66. The number of aryl methyl sites for hydroxylation is 2. The van der Waals surface area contributed by atoms with Crippen LogP contribution in [-0.2, 0) is 0 Å². The Morgan fingerprint density at radius 3 is 2.50 bits per heavy atom. The number of rotatable bonds is 4. The number of hydrogen-bond acceptors (Lipinski definition) is 6. The average Bonchev–Trinajstić information content (AvgIpc) is 2.98. The minimum Gasteiger partial charge on any atom is -0.494 e. The highest BCUT2D eigenvalue weighted by atomic mass is 16.5. The van der Waals surface area contributed by atoms with Crippen LogP contribution in [0.15, 0.2) is 47.7 Å². The molecule has 3 aromatic heterocycles. The summed E-state index contributed by atoms with van der Waals surface area (Å²) in [6.07, 6.45) is 5.96. The van der Waals surface area contributed by atoms with Gasteiger partial charge in [-0.15, -0.1) is 4.68 Å². The number of benzene rings is 1. The Morgan fingerprint density at radius 1 is 1.07 bits per heavy atom. The summed E-state index contributed by atoms with van der Waals surface area (Å²) in [6.45, 7) is 6.18. The van der Waals surface area contributed by atoms with Gasteiger partial charge in [0.25, 0.3) is 5.95 Å². The molecule has 0 unspecified atom stereocenters. The molecule has 0 saturated carbocycles. The standard InChI is InChI=1S/C22H22N6O2/c1-14-19-13-25-28(21-23-11-18(30-3)12-24-21)22(29)27(19)15(2)20(14)16-6-4-7-17(10-16)26-8-5-9-26/h4,6-7,10-13H,5,8-9H2,1-3H3. The molecule has 0 aliphatic carbocycles. The van der Waals surface area contributed by atoms with Gasteiger partial charge in [0, 0.05) is 30.0 Å². The zero-order valence-corrected chi connectivity index (χ0v) is 17.2. The molecule has 8 heteroatoms. The summed E-state index contributed by atoms with van der Waals surface area (Å²) in [4.78, 5) is 24.0. The van der Waals surface area contributed by atoms with Crippen LogP contribution in [0.1, 0.15) is 17.7 Å². The largest absolute Gasteiger partial charge is 0.494 e. The lowest BCUT2D eigenvalue weighted by molar-refractivity contribution is 0.410. The van der Waals surface area contributed by atoms with Crippen molar-refractivity contribution in [3.63, 3.8) is 0 Å². The lowest BCUT2D eigenvalue weighted by Gasteiger charge is -2.33. The number of aromatic nitrogens is 5. The van der Waals surface area contributed by atoms with Gasteiger partial charge >= 0.3 is 5.69 Å². The Bertz CT molecular complexity index is 1300. The highest BCUT2D eigenvalue weighted by Gasteiger charge is 2.20. The van der Waals surface area contributed by atoms with Gasteiger partial charge in [0.2, 0.25) is 0 Å². The second-order valence-electron chi connectivity index (χ2n) is 7.46. The Kier molecular flexibility index (Phi) is 4.27. The topological polar surface area (TPSA) is 77.5 Å². The van der Waals surface area contributed by atoms with E-state index in [0.29, 0.717) is 5.75 Å². The molecule has 1 aromatic carbocycles. The predicted molar refractivity (Wildman–Crippen MR) is 115 cm³/mol. The van der Waals surface area contributed by atoms with E-state index in [2.05, 4.69) is 44.2 Å². The quantitative estimate of drug-likeness (QED) is 0.522. The Morgan fingerprint density at radius 2 is 1.83 bits per heavy atom. The second-order valence-corrected chi connectivity index (χ2v) is 7.46. The van der Waals surface area contributed by atoms with Crippen LogP contribution in [0.3, 0.4) is 0 Å². The van der Waals surface area contributed by atoms with Gasteiger partial charge < -0.3 is 9.64 Å². The number of anilines is 1. The van der Waals surface area contributed by atoms with Gasteiger partial charge in [-0.1, -0.05) is 12.1 Å². The summed E-state index contributed by atoms with van der Waals surface area (Å²) in [7, 11) is 1.54. The van der Waals surface area contributed by atoms with Crippen molar-refractivity contribution in [2.75, 3.05) is 25.1 Å². The Labute approximate surface area is 173 Å². The molecule has 1 fully saturated rings. The maximum atomic E-state index is 13.3. The molecular formula is C22H22N6O2. The molecule has 0 bridgehead atoms. The zero-order valence-electron chi connectivity index (χ0n) is 17.2. The molecule has 0 N–H and O–H groups in total. The van der Waals surface area contributed by atoms with Gasteiger partial charge in [-0.25, -0.2) is 14.8 Å². The fraction of sp³-hybridized carbons (Fsp3) is 0.273. The van der Waals surface area contributed by atoms with Gasteiger partial charge in [0.05, 0.1) is 31.2 Å². The smallest absolute Gasteiger partial charge is 0.356 e. The molecule has 0 atom stereocenters. The zero-order chi connectivity index (χ0) is 20.8. The predicted octanol–water partition coefficient (Wildman–Crippen LogP) is 2.78. The van der Waals surface area contributed by atoms with Crippen LogP contribution in [0.4, 0.5) is 5.69 Å². The molecule has 152 valence electrons. The first kappa shape index (κ1) is 18.4. The summed E-state index contributed by atoms with van der Waals surface area (Å²) in [5.74, 6) is 0.722. The van der Waals surface area contributed by atoms with Crippen LogP contribution in [-0.4, -0.2) is 44.3 Å². The van der Waals surface area contributed by atoms with E-state index in [-0.39, 0.29) is 11.6 Å². The lowest BCUT2D eigenvalue weighted by atomic mass is 10.0. The fourth-order valence-electron chi connectivity index (χ4n) is 4.04. The maximum Gasteiger partial charge on any atom is 0.356 e. The summed E-state index contributed by atoms with van der Waals surface area (Å²) in [5.41, 5.74) is 5.76. The number of ether oxygens (including phenoxy) is 1. The van der Waals surface area contributed by atoms with Crippen molar-refractivity contribution in [2.45, 2.75) is 20.3 Å². The third kappa shape index (κ3) is 2.75. The molecule has 4 heterocycles. The summed E-state index contributed by atoms with van der Waals surface area (Å²) < 4.78 is 7.98. The van der Waals surface area contributed by atoms with Gasteiger partial charge in [0.1, 0.15) is 0 Å². The van der Waals surface area contributed by atoms with E-state index in [9.17, 15) is 4.79 Å².